The van der Waals surface area contributed by atoms with Crippen LogP contribution in [0.1, 0.15) is 31.7 Å². The van der Waals surface area contributed by atoms with Crippen molar-refractivity contribution < 1.29 is 4.74 Å². The first kappa shape index (κ1) is 18.6. The van der Waals surface area contributed by atoms with Gasteiger partial charge in [0, 0.05) is 26.7 Å². The second-order valence-electron chi connectivity index (χ2n) is 6.60. The Labute approximate surface area is 146 Å². The summed E-state index contributed by atoms with van der Waals surface area (Å²) < 4.78 is 5.18. The van der Waals surface area contributed by atoms with Gasteiger partial charge in [-0.1, -0.05) is 19.1 Å². The standard InChI is InChI=1S/C19H32N4O/c1-16-6-4-12-23(15-16)13-5-11-21-19(20-2)22-14-17-7-9-18(24-3)10-8-17/h7-10,16H,4-6,11-15H2,1-3H3,(H2,20,21,22). The Hall–Kier alpha value is -1.75. The molecule has 0 saturated carbocycles. The lowest BCUT2D eigenvalue weighted by Crippen LogP contribution is -2.39. The highest BCUT2D eigenvalue weighted by Gasteiger charge is 2.15. The number of ether oxygens (including phenoxy) is 1. The van der Waals surface area contributed by atoms with Crippen molar-refractivity contribution in [3.8, 4) is 5.75 Å². The molecule has 0 radical (unpaired) electrons. The maximum Gasteiger partial charge on any atom is 0.191 e. The zero-order valence-electron chi connectivity index (χ0n) is 15.3. The van der Waals surface area contributed by atoms with E-state index in [1.54, 1.807) is 7.11 Å². The minimum absolute atomic E-state index is 0.757. The monoisotopic (exact) mass is 332 g/mol. The highest BCUT2D eigenvalue weighted by molar-refractivity contribution is 5.79. The number of likely N-dealkylation sites (tertiary alicyclic amines) is 1. The van der Waals surface area contributed by atoms with Gasteiger partial charge < -0.3 is 20.3 Å². The van der Waals surface area contributed by atoms with Crippen LogP contribution in [0.5, 0.6) is 5.75 Å². The third-order valence-corrected chi connectivity index (χ3v) is 4.53. The Bertz CT molecular complexity index is 501. The fourth-order valence-corrected chi connectivity index (χ4v) is 3.15. The van der Waals surface area contributed by atoms with Crippen LogP contribution in [0.3, 0.4) is 0 Å². The zero-order valence-corrected chi connectivity index (χ0v) is 15.3. The normalized spacial score (nSPS) is 19.1. The maximum absolute atomic E-state index is 5.18. The molecule has 1 unspecified atom stereocenters. The highest BCUT2D eigenvalue weighted by Crippen LogP contribution is 2.15. The van der Waals surface area contributed by atoms with E-state index in [1.807, 2.05) is 19.2 Å². The number of guanidine groups is 1. The van der Waals surface area contributed by atoms with E-state index < -0.39 is 0 Å². The van der Waals surface area contributed by atoms with Gasteiger partial charge in [-0.25, -0.2) is 0 Å². The number of methoxy groups -OCH3 is 1. The molecule has 0 amide bonds. The fourth-order valence-electron chi connectivity index (χ4n) is 3.15. The molecule has 0 aliphatic carbocycles. The van der Waals surface area contributed by atoms with Crippen molar-refractivity contribution in [3.05, 3.63) is 29.8 Å². The quantitative estimate of drug-likeness (QED) is 0.457. The fraction of sp³-hybridized carbons (Fsp3) is 0.632. The van der Waals surface area contributed by atoms with Gasteiger partial charge in [0.25, 0.3) is 0 Å². The Morgan fingerprint density at radius 3 is 2.75 bits per heavy atom. The van der Waals surface area contributed by atoms with Crippen molar-refractivity contribution in [2.45, 2.75) is 32.7 Å². The summed E-state index contributed by atoms with van der Waals surface area (Å²) in [6.45, 7) is 7.75. The third kappa shape index (κ3) is 6.40. The largest absolute Gasteiger partial charge is 0.497 e. The lowest BCUT2D eigenvalue weighted by Gasteiger charge is -2.30. The molecule has 5 nitrogen and oxygen atoms in total. The SMILES string of the molecule is CN=C(NCCCN1CCCC(C)C1)NCc1ccc(OC)cc1. The van der Waals surface area contributed by atoms with Crippen LogP contribution in [0.25, 0.3) is 0 Å². The zero-order chi connectivity index (χ0) is 17.2. The molecule has 0 aromatic heterocycles. The second-order valence-corrected chi connectivity index (χ2v) is 6.60. The van der Waals surface area contributed by atoms with Gasteiger partial charge in [0.15, 0.2) is 5.96 Å². The molecule has 2 rings (SSSR count). The Morgan fingerprint density at radius 2 is 2.08 bits per heavy atom. The molecular formula is C19H32N4O. The van der Waals surface area contributed by atoms with Gasteiger partial charge in [-0.2, -0.15) is 0 Å². The number of piperidine rings is 1. The van der Waals surface area contributed by atoms with Crippen molar-refractivity contribution in [2.75, 3.05) is 40.3 Å². The van der Waals surface area contributed by atoms with E-state index in [9.17, 15) is 0 Å². The maximum atomic E-state index is 5.18. The molecule has 5 heteroatoms. The first-order valence-corrected chi connectivity index (χ1v) is 9.01. The molecule has 0 bridgehead atoms. The van der Waals surface area contributed by atoms with Gasteiger partial charge in [0.1, 0.15) is 5.75 Å². The van der Waals surface area contributed by atoms with E-state index in [4.69, 9.17) is 4.74 Å². The van der Waals surface area contributed by atoms with Crippen LogP contribution in [-0.2, 0) is 6.54 Å². The van der Waals surface area contributed by atoms with Gasteiger partial charge in [0.05, 0.1) is 7.11 Å². The molecule has 1 fully saturated rings. The molecule has 0 spiro atoms. The summed E-state index contributed by atoms with van der Waals surface area (Å²) in [5.74, 6) is 2.59. The summed E-state index contributed by atoms with van der Waals surface area (Å²) in [5.41, 5.74) is 1.21. The summed E-state index contributed by atoms with van der Waals surface area (Å²) in [6, 6.07) is 8.09. The van der Waals surface area contributed by atoms with E-state index in [-0.39, 0.29) is 0 Å². The Morgan fingerprint density at radius 1 is 1.29 bits per heavy atom. The molecule has 1 saturated heterocycles. The molecule has 134 valence electrons. The predicted octanol–water partition coefficient (Wildman–Crippen LogP) is 2.48. The molecule has 1 aromatic carbocycles. The van der Waals surface area contributed by atoms with Gasteiger partial charge in [-0.3, -0.25) is 4.99 Å². The molecule has 24 heavy (non-hydrogen) atoms. The van der Waals surface area contributed by atoms with Gasteiger partial charge in [-0.15, -0.1) is 0 Å². The highest BCUT2D eigenvalue weighted by atomic mass is 16.5. The van der Waals surface area contributed by atoms with Crippen LogP contribution < -0.4 is 15.4 Å². The minimum Gasteiger partial charge on any atom is -0.497 e. The van der Waals surface area contributed by atoms with Crippen LogP contribution in [0.2, 0.25) is 0 Å². The van der Waals surface area contributed by atoms with Gasteiger partial charge in [-0.05, 0) is 56.0 Å². The summed E-state index contributed by atoms with van der Waals surface area (Å²) in [5, 5.41) is 6.75. The summed E-state index contributed by atoms with van der Waals surface area (Å²) in [4.78, 5) is 6.88. The summed E-state index contributed by atoms with van der Waals surface area (Å²) in [7, 11) is 3.50. The van der Waals surface area contributed by atoms with Crippen molar-refractivity contribution in [1.82, 2.24) is 15.5 Å². The first-order valence-electron chi connectivity index (χ1n) is 9.01. The van der Waals surface area contributed by atoms with Crippen LogP contribution >= 0.6 is 0 Å². The smallest absolute Gasteiger partial charge is 0.191 e. The Balaban J connectivity index is 1.63. The van der Waals surface area contributed by atoms with Crippen LogP contribution in [0.4, 0.5) is 0 Å². The average molecular weight is 332 g/mol. The number of hydrogen-bond acceptors (Lipinski definition) is 3. The number of nitrogens with zero attached hydrogens (tertiary/aromatic N) is 2. The third-order valence-electron chi connectivity index (χ3n) is 4.53. The van der Waals surface area contributed by atoms with Crippen molar-refractivity contribution in [2.24, 2.45) is 10.9 Å². The number of rotatable bonds is 7. The molecule has 1 aliphatic rings. The van der Waals surface area contributed by atoms with Gasteiger partial charge in [0.2, 0.25) is 0 Å². The number of nitrogens with one attached hydrogen (secondary N) is 2. The molecule has 2 N–H and O–H groups in total. The minimum atomic E-state index is 0.757. The van der Waals surface area contributed by atoms with Crippen molar-refractivity contribution >= 4 is 5.96 Å². The number of aliphatic imine (C=N–C) groups is 1. The van der Waals surface area contributed by atoms with Crippen LogP contribution in [0, 0.1) is 5.92 Å². The summed E-state index contributed by atoms with van der Waals surface area (Å²) in [6.07, 6.45) is 3.88. The number of hydrogen-bond donors (Lipinski definition) is 2. The van der Waals surface area contributed by atoms with E-state index >= 15 is 0 Å². The van der Waals surface area contributed by atoms with Crippen molar-refractivity contribution in [3.63, 3.8) is 0 Å². The van der Waals surface area contributed by atoms with Crippen LogP contribution in [0.15, 0.2) is 29.3 Å². The molecule has 1 aromatic rings. The van der Waals surface area contributed by atoms with E-state index in [0.29, 0.717) is 0 Å². The van der Waals surface area contributed by atoms with E-state index in [0.717, 1.165) is 37.1 Å². The van der Waals surface area contributed by atoms with E-state index in [1.165, 1.54) is 38.0 Å². The lowest BCUT2D eigenvalue weighted by molar-refractivity contribution is 0.182. The molecule has 1 aliphatic heterocycles. The van der Waals surface area contributed by atoms with Gasteiger partial charge >= 0.3 is 0 Å². The molecule has 1 atom stereocenters. The van der Waals surface area contributed by atoms with Crippen LogP contribution in [-0.4, -0.2) is 51.2 Å². The van der Waals surface area contributed by atoms with Crippen molar-refractivity contribution in [1.29, 1.82) is 0 Å². The summed E-state index contributed by atoms with van der Waals surface area (Å²) >= 11 is 0. The van der Waals surface area contributed by atoms with E-state index in [2.05, 4.69) is 39.6 Å². The first-order chi connectivity index (χ1) is 11.7. The molecule has 1 heterocycles. The Kier molecular flexibility index (Phi) is 7.89. The lowest BCUT2D eigenvalue weighted by atomic mass is 10.0. The predicted molar refractivity (Wildman–Crippen MR) is 101 cm³/mol. The second kappa shape index (κ2) is 10.2. The average Bonchev–Trinajstić information content (AvgIpc) is 2.61. The number of benzene rings is 1. The topological polar surface area (TPSA) is 48.9 Å². The molecular weight excluding hydrogens is 300 g/mol.